The second kappa shape index (κ2) is 6.19. The molecule has 1 aromatic heterocycles. The van der Waals surface area contributed by atoms with Crippen molar-refractivity contribution in [1.29, 1.82) is 0 Å². The van der Waals surface area contributed by atoms with Crippen LogP contribution in [0, 0.1) is 0 Å². The van der Waals surface area contributed by atoms with E-state index >= 15 is 0 Å². The predicted octanol–water partition coefficient (Wildman–Crippen LogP) is 0.845. The number of carbonyl (C=O) groups excluding carboxylic acids is 2. The summed E-state index contributed by atoms with van der Waals surface area (Å²) in [5, 5.41) is 6.65. The fourth-order valence-corrected chi connectivity index (χ4v) is 1.78. The molecule has 0 radical (unpaired) electrons. The standard InChI is InChI=1S/C14H16N4O3/c1-18-8-10(7-16-18)12(15)13(19)17-11-5-3-9(4-6-11)14(20)21-2/h3-8,12H,15H2,1-2H3,(H,17,19). The second-order valence-electron chi connectivity index (χ2n) is 4.48. The van der Waals surface area contributed by atoms with Crippen molar-refractivity contribution < 1.29 is 14.3 Å². The molecule has 0 aliphatic rings. The number of aromatic nitrogens is 2. The number of aryl methyl sites for hydroxylation is 1. The molecule has 0 aliphatic heterocycles. The molecule has 2 aromatic rings. The molecule has 1 unspecified atom stereocenters. The van der Waals surface area contributed by atoms with Crippen LogP contribution < -0.4 is 11.1 Å². The SMILES string of the molecule is COC(=O)c1ccc(NC(=O)C(N)c2cnn(C)c2)cc1. The van der Waals surface area contributed by atoms with Crippen molar-refractivity contribution in [3.8, 4) is 0 Å². The highest BCUT2D eigenvalue weighted by atomic mass is 16.5. The Morgan fingerprint density at radius 1 is 1.33 bits per heavy atom. The molecule has 0 saturated heterocycles. The molecule has 110 valence electrons. The van der Waals surface area contributed by atoms with Gasteiger partial charge in [0.15, 0.2) is 0 Å². The van der Waals surface area contributed by atoms with E-state index < -0.39 is 12.0 Å². The largest absolute Gasteiger partial charge is 0.465 e. The molecular formula is C14H16N4O3. The van der Waals surface area contributed by atoms with Crippen LogP contribution in [-0.2, 0) is 16.6 Å². The van der Waals surface area contributed by atoms with Crippen molar-refractivity contribution in [3.63, 3.8) is 0 Å². The highest BCUT2D eigenvalue weighted by Crippen LogP contribution is 2.14. The lowest BCUT2D eigenvalue weighted by Gasteiger charge is -2.10. The van der Waals surface area contributed by atoms with E-state index in [0.29, 0.717) is 16.8 Å². The summed E-state index contributed by atoms with van der Waals surface area (Å²) >= 11 is 0. The minimum atomic E-state index is -0.806. The van der Waals surface area contributed by atoms with Gasteiger partial charge in [0, 0.05) is 24.5 Å². The molecule has 1 aromatic carbocycles. The van der Waals surface area contributed by atoms with E-state index in [1.54, 1.807) is 48.4 Å². The summed E-state index contributed by atoms with van der Waals surface area (Å²) in [7, 11) is 3.06. The van der Waals surface area contributed by atoms with Gasteiger partial charge in [-0.3, -0.25) is 9.48 Å². The van der Waals surface area contributed by atoms with Crippen LogP contribution in [-0.4, -0.2) is 28.8 Å². The fourth-order valence-electron chi connectivity index (χ4n) is 1.78. The Balaban J connectivity index is 2.04. The first-order valence-corrected chi connectivity index (χ1v) is 6.24. The Morgan fingerprint density at radius 3 is 2.52 bits per heavy atom. The topological polar surface area (TPSA) is 99.2 Å². The van der Waals surface area contributed by atoms with Crippen LogP contribution in [0.1, 0.15) is 22.0 Å². The number of nitrogens with zero attached hydrogens (tertiary/aromatic N) is 2. The minimum absolute atomic E-state index is 0.353. The number of esters is 1. The molecule has 1 heterocycles. The maximum atomic E-state index is 12.0. The first kappa shape index (κ1) is 14.7. The summed E-state index contributed by atoms with van der Waals surface area (Å²) in [5.74, 6) is -0.784. The zero-order chi connectivity index (χ0) is 15.4. The summed E-state index contributed by atoms with van der Waals surface area (Å²) in [4.78, 5) is 23.3. The highest BCUT2D eigenvalue weighted by molar-refractivity contribution is 5.96. The highest BCUT2D eigenvalue weighted by Gasteiger charge is 2.17. The summed E-state index contributed by atoms with van der Waals surface area (Å²) in [6.07, 6.45) is 3.23. The Morgan fingerprint density at radius 2 is 2.00 bits per heavy atom. The molecule has 7 heteroatoms. The number of hydrogen-bond donors (Lipinski definition) is 2. The molecular weight excluding hydrogens is 272 g/mol. The third-order valence-corrected chi connectivity index (χ3v) is 2.94. The van der Waals surface area contributed by atoms with Gasteiger partial charge < -0.3 is 15.8 Å². The third-order valence-electron chi connectivity index (χ3n) is 2.94. The van der Waals surface area contributed by atoms with Crippen molar-refractivity contribution in [2.75, 3.05) is 12.4 Å². The zero-order valence-corrected chi connectivity index (χ0v) is 11.7. The number of anilines is 1. The van der Waals surface area contributed by atoms with Gasteiger partial charge in [0.25, 0.3) is 0 Å². The van der Waals surface area contributed by atoms with E-state index in [0.717, 1.165) is 0 Å². The molecule has 7 nitrogen and oxygen atoms in total. The molecule has 0 bridgehead atoms. The van der Waals surface area contributed by atoms with Crippen LogP contribution in [0.5, 0.6) is 0 Å². The van der Waals surface area contributed by atoms with Crippen LogP contribution in [0.15, 0.2) is 36.7 Å². The first-order valence-electron chi connectivity index (χ1n) is 6.24. The van der Waals surface area contributed by atoms with Crippen molar-refractivity contribution in [2.24, 2.45) is 12.8 Å². The summed E-state index contributed by atoms with van der Waals surface area (Å²) in [5.41, 5.74) is 7.44. The number of amides is 1. The number of hydrogen-bond acceptors (Lipinski definition) is 5. The molecule has 1 atom stereocenters. The van der Waals surface area contributed by atoms with Crippen molar-refractivity contribution in [3.05, 3.63) is 47.8 Å². The minimum Gasteiger partial charge on any atom is -0.465 e. The quantitative estimate of drug-likeness (QED) is 0.812. The summed E-state index contributed by atoms with van der Waals surface area (Å²) in [6, 6.07) is 5.55. The molecule has 0 spiro atoms. The van der Waals surface area contributed by atoms with E-state index in [1.807, 2.05) is 0 Å². The molecule has 0 aliphatic carbocycles. The van der Waals surface area contributed by atoms with Gasteiger partial charge in [-0.15, -0.1) is 0 Å². The second-order valence-corrected chi connectivity index (χ2v) is 4.48. The van der Waals surface area contributed by atoms with Gasteiger partial charge in [-0.1, -0.05) is 0 Å². The maximum Gasteiger partial charge on any atom is 0.337 e. The molecule has 1 amide bonds. The fraction of sp³-hybridized carbons (Fsp3) is 0.214. The number of nitrogens with two attached hydrogens (primary N) is 1. The Labute approximate surface area is 121 Å². The van der Waals surface area contributed by atoms with Gasteiger partial charge in [0.2, 0.25) is 5.91 Å². The normalized spacial score (nSPS) is 11.8. The van der Waals surface area contributed by atoms with E-state index in [1.165, 1.54) is 7.11 Å². The monoisotopic (exact) mass is 288 g/mol. The van der Waals surface area contributed by atoms with Crippen LogP contribution >= 0.6 is 0 Å². The Hall–Kier alpha value is -2.67. The third kappa shape index (κ3) is 3.46. The van der Waals surface area contributed by atoms with Gasteiger partial charge >= 0.3 is 5.97 Å². The van der Waals surface area contributed by atoms with Crippen molar-refractivity contribution in [2.45, 2.75) is 6.04 Å². The van der Waals surface area contributed by atoms with Gasteiger partial charge in [-0.25, -0.2) is 4.79 Å². The Kier molecular flexibility index (Phi) is 4.34. The van der Waals surface area contributed by atoms with E-state index in [2.05, 4.69) is 15.2 Å². The van der Waals surface area contributed by atoms with Gasteiger partial charge in [0.05, 0.1) is 18.9 Å². The average molecular weight is 288 g/mol. The van der Waals surface area contributed by atoms with E-state index in [9.17, 15) is 9.59 Å². The van der Waals surface area contributed by atoms with Crippen LogP contribution in [0.3, 0.4) is 0 Å². The van der Waals surface area contributed by atoms with Crippen molar-refractivity contribution in [1.82, 2.24) is 9.78 Å². The van der Waals surface area contributed by atoms with Gasteiger partial charge in [0.1, 0.15) is 6.04 Å². The molecule has 2 rings (SSSR count). The van der Waals surface area contributed by atoms with Crippen LogP contribution in [0.2, 0.25) is 0 Å². The van der Waals surface area contributed by atoms with Gasteiger partial charge in [-0.2, -0.15) is 5.10 Å². The Bertz CT molecular complexity index is 648. The number of nitrogens with one attached hydrogen (secondary N) is 1. The summed E-state index contributed by atoms with van der Waals surface area (Å²) in [6.45, 7) is 0. The molecule has 21 heavy (non-hydrogen) atoms. The number of ether oxygens (including phenoxy) is 1. The number of rotatable bonds is 4. The zero-order valence-electron chi connectivity index (χ0n) is 11.7. The number of methoxy groups -OCH3 is 1. The smallest absolute Gasteiger partial charge is 0.337 e. The molecule has 0 fully saturated rings. The van der Waals surface area contributed by atoms with E-state index in [-0.39, 0.29) is 5.91 Å². The van der Waals surface area contributed by atoms with Crippen molar-refractivity contribution >= 4 is 17.6 Å². The van der Waals surface area contributed by atoms with Crippen LogP contribution in [0.25, 0.3) is 0 Å². The molecule has 3 N–H and O–H groups in total. The average Bonchev–Trinajstić information content (AvgIpc) is 2.93. The lowest BCUT2D eigenvalue weighted by Crippen LogP contribution is -2.27. The molecule has 0 saturated carbocycles. The first-order chi connectivity index (χ1) is 10.0. The van der Waals surface area contributed by atoms with Gasteiger partial charge in [-0.05, 0) is 24.3 Å². The predicted molar refractivity (Wildman–Crippen MR) is 76.5 cm³/mol. The lowest BCUT2D eigenvalue weighted by atomic mass is 10.1. The van der Waals surface area contributed by atoms with E-state index in [4.69, 9.17) is 5.73 Å². The summed E-state index contributed by atoms with van der Waals surface area (Å²) < 4.78 is 6.18. The lowest BCUT2D eigenvalue weighted by molar-refractivity contribution is -0.117. The van der Waals surface area contributed by atoms with Crippen LogP contribution in [0.4, 0.5) is 5.69 Å². The maximum absolute atomic E-state index is 12.0. The number of benzene rings is 1. The number of carbonyl (C=O) groups is 2.